The van der Waals surface area contributed by atoms with E-state index < -0.39 is 23.8 Å². The SMILES string of the molecule is CSCC[C@H](N)C(=O)N1CCO[C@@H](c2ccc(F)c(F)c2)C1. The lowest BCUT2D eigenvalue weighted by Gasteiger charge is -2.34. The number of hydrogen-bond donors (Lipinski definition) is 1. The summed E-state index contributed by atoms with van der Waals surface area (Å²) in [4.78, 5) is 13.9. The first-order valence-electron chi connectivity index (χ1n) is 7.12. The van der Waals surface area contributed by atoms with Gasteiger partial charge in [-0.05, 0) is 36.1 Å². The first-order chi connectivity index (χ1) is 10.5. The van der Waals surface area contributed by atoms with E-state index in [4.69, 9.17) is 10.5 Å². The van der Waals surface area contributed by atoms with Crippen LogP contribution in [-0.2, 0) is 9.53 Å². The molecule has 7 heteroatoms. The van der Waals surface area contributed by atoms with Gasteiger partial charge in [0.15, 0.2) is 11.6 Å². The maximum absolute atomic E-state index is 13.3. The average Bonchev–Trinajstić information content (AvgIpc) is 2.54. The van der Waals surface area contributed by atoms with Crippen LogP contribution in [0.2, 0.25) is 0 Å². The smallest absolute Gasteiger partial charge is 0.239 e. The fourth-order valence-corrected chi connectivity index (χ4v) is 2.86. The van der Waals surface area contributed by atoms with Crippen molar-refractivity contribution in [1.29, 1.82) is 0 Å². The van der Waals surface area contributed by atoms with Crippen LogP contribution in [0.5, 0.6) is 0 Å². The molecule has 1 aliphatic heterocycles. The summed E-state index contributed by atoms with van der Waals surface area (Å²) in [5.41, 5.74) is 6.43. The van der Waals surface area contributed by atoms with E-state index in [2.05, 4.69) is 0 Å². The molecular weight excluding hydrogens is 310 g/mol. The van der Waals surface area contributed by atoms with Gasteiger partial charge in [-0.15, -0.1) is 0 Å². The average molecular weight is 330 g/mol. The molecule has 0 bridgehead atoms. The minimum atomic E-state index is -0.916. The highest BCUT2D eigenvalue weighted by Gasteiger charge is 2.28. The number of ether oxygens (including phenoxy) is 1. The molecule has 0 radical (unpaired) electrons. The number of carbonyl (C=O) groups excluding carboxylic acids is 1. The van der Waals surface area contributed by atoms with Crippen molar-refractivity contribution in [3.8, 4) is 0 Å². The minimum absolute atomic E-state index is 0.120. The molecule has 2 atom stereocenters. The van der Waals surface area contributed by atoms with Gasteiger partial charge >= 0.3 is 0 Å². The van der Waals surface area contributed by atoms with Crippen LogP contribution in [0.15, 0.2) is 18.2 Å². The molecular formula is C15H20F2N2O2S. The molecule has 1 aliphatic rings. The van der Waals surface area contributed by atoms with E-state index in [0.717, 1.165) is 17.9 Å². The number of morpholine rings is 1. The third-order valence-electron chi connectivity index (χ3n) is 3.64. The summed E-state index contributed by atoms with van der Waals surface area (Å²) in [7, 11) is 0. The summed E-state index contributed by atoms with van der Waals surface area (Å²) in [6, 6.07) is 3.13. The summed E-state index contributed by atoms with van der Waals surface area (Å²) in [5, 5.41) is 0. The summed E-state index contributed by atoms with van der Waals surface area (Å²) >= 11 is 1.64. The van der Waals surface area contributed by atoms with Gasteiger partial charge in [-0.2, -0.15) is 11.8 Å². The van der Waals surface area contributed by atoms with E-state index >= 15 is 0 Å². The van der Waals surface area contributed by atoms with E-state index in [1.165, 1.54) is 6.07 Å². The zero-order chi connectivity index (χ0) is 16.1. The van der Waals surface area contributed by atoms with Crippen LogP contribution in [0.4, 0.5) is 8.78 Å². The molecule has 0 unspecified atom stereocenters. The van der Waals surface area contributed by atoms with Gasteiger partial charge in [0.25, 0.3) is 0 Å². The largest absolute Gasteiger partial charge is 0.370 e. The number of amides is 1. The van der Waals surface area contributed by atoms with Crippen LogP contribution in [0.3, 0.4) is 0 Å². The number of nitrogens with zero attached hydrogens (tertiary/aromatic N) is 1. The lowest BCUT2D eigenvalue weighted by atomic mass is 10.1. The Balaban J connectivity index is 2.01. The third kappa shape index (κ3) is 4.18. The minimum Gasteiger partial charge on any atom is -0.370 e. The van der Waals surface area contributed by atoms with Gasteiger partial charge in [-0.3, -0.25) is 4.79 Å². The molecule has 4 nitrogen and oxygen atoms in total. The van der Waals surface area contributed by atoms with Gasteiger partial charge < -0.3 is 15.4 Å². The molecule has 0 saturated carbocycles. The first-order valence-corrected chi connectivity index (χ1v) is 8.52. The second-order valence-corrected chi connectivity index (χ2v) is 6.19. The highest BCUT2D eigenvalue weighted by Crippen LogP contribution is 2.24. The number of hydrogen-bond acceptors (Lipinski definition) is 4. The Morgan fingerprint density at radius 2 is 2.27 bits per heavy atom. The number of halogens is 2. The Labute approximate surface area is 133 Å². The van der Waals surface area contributed by atoms with E-state index in [1.807, 2.05) is 6.26 Å². The van der Waals surface area contributed by atoms with Crippen LogP contribution in [-0.4, -0.2) is 48.6 Å². The quantitative estimate of drug-likeness (QED) is 0.896. The molecule has 1 heterocycles. The van der Waals surface area contributed by atoms with Crippen molar-refractivity contribution in [2.45, 2.75) is 18.6 Å². The van der Waals surface area contributed by atoms with Gasteiger partial charge in [0.1, 0.15) is 6.10 Å². The number of carbonyl (C=O) groups is 1. The highest BCUT2D eigenvalue weighted by molar-refractivity contribution is 7.98. The third-order valence-corrected chi connectivity index (χ3v) is 4.29. The van der Waals surface area contributed by atoms with Gasteiger partial charge in [-0.25, -0.2) is 8.78 Å². The Hall–Kier alpha value is -1.18. The van der Waals surface area contributed by atoms with E-state index in [9.17, 15) is 13.6 Å². The van der Waals surface area contributed by atoms with Gasteiger partial charge in [0.05, 0.1) is 19.2 Å². The van der Waals surface area contributed by atoms with E-state index in [0.29, 0.717) is 31.7 Å². The maximum atomic E-state index is 13.3. The first kappa shape index (κ1) is 17.2. The van der Waals surface area contributed by atoms with Crippen molar-refractivity contribution < 1.29 is 18.3 Å². The monoisotopic (exact) mass is 330 g/mol. The second-order valence-electron chi connectivity index (χ2n) is 5.21. The lowest BCUT2D eigenvalue weighted by molar-refractivity contribution is -0.140. The zero-order valence-corrected chi connectivity index (χ0v) is 13.2. The van der Waals surface area contributed by atoms with Crippen molar-refractivity contribution in [3.05, 3.63) is 35.4 Å². The number of thioether (sulfide) groups is 1. The number of nitrogens with two attached hydrogens (primary N) is 1. The standard InChI is InChI=1S/C15H20F2N2O2S/c1-22-7-4-13(18)15(20)19-5-6-21-14(9-19)10-2-3-11(16)12(17)8-10/h2-3,8,13-14H,4-7,9,18H2,1H3/t13-,14+/m0/s1. The summed E-state index contributed by atoms with van der Waals surface area (Å²) in [5.74, 6) is -1.11. The van der Waals surface area contributed by atoms with E-state index in [1.54, 1.807) is 16.7 Å². The molecule has 2 N–H and O–H groups in total. The molecule has 0 aromatic heterocycles. The summed E-state index contributed by atoms with van der Waals surface area (Å²) in [6.45, 7) is 1.12. The van der Waals surface area contributed by atoms with Crippen LogP contribution in [0.1, 0.15) is 18.1 Å². The van der Waals surface area contributed by atoms with Gasteiger partial charge in [-0.1, -0.05) is 6.07 Å². The van der Waals surface area contributed by atoms with Crippen LogP contribution in [0, 0.1) is 11.6 Å². The van der Waals surface area contributed by atoms with Crippen LogP contribution in [0.25, 0.3) is 0 Å². The summed E-state index contributed by atoms with van der Waals surface area (Å²) < 4.78 is 31.9. The predicted octanol–water partition coefficient (Wildman–Crippen LogP) is 1.95. The van der Waals surface area contributed by atoms with Crippen molar-refractivity contribution in [2.24, 2.45) is 5.73 Å². The Kier molecular flexibility index (Phi) is 6.16. The molecule has 122 valence electrons. The Morgan fingerprint density at radius 1 is 1.50 bits per heavy atom. The van der Waals surface area contributed by atoms with Crippen molar-refractivity contribution >= 4 is 17.7 Å². The summed E-state index contributed by atoms with van der Waals surface area (Å²) in [6.07, 6.45) is 2.12. The molecule has 1 aromatic carbocycles. The number of rotatable bonds is 5. The van der Waals surface area contributed by atoms with Crippen LogP contribution < -0.4 is 5.73 Å². The van der Waals surface area contributed by atoms with Gasteiger partial charge in [0, 0.05) is 6.54 Å². The number of benzene rings is 1. The molecule has 1 amide bonds. The molecule has 1 saturated heterocycles. The highest BCUT2D eigenvalue weighted by atomic mass is 32.2. The molecule has 22 heavy (non-hydrogen) atoms. The molecule has 0 spiro atoms. The maximum Gasteiger partial charge on any atom is 0.239 e. The zero-order valence-electron chi connectivity index (χ0n) is 12.4. The Morgan fingerprint density at radius 3 is 2.95 bits per heavy atom. The van der Waals surface area contributed by atoms with E-state index in [-0.39, 0.29) is 5.91 Å². The van der Waals surface area contributed by atoms with Crippen molar-refractivity contribution in [3.63, 3.8) is 0 Å². The molecule has 1 fully saturated rings. The fraction of sp³-hybridized carbons (Fsp3) is 0.533. The predicted molar refractivity (Wildman–Crippen MR) is 82.6 cm³/mol. The molecule has 0 aliphatic carbocycles. The molecule has 1 aromatic rings. The van der Waals surface area contributed by atoms with Crippen molar-refractivity contribution in [2.75, 3.05) is 31.7 Å². The molecule has 2 rings (SSSR count). The Bertz CT molecular complexity index is 530. The lowest BCUT2D eigenvalue weighted by Crippen LogP contribution is -2.49. The van der Waals surface area contributed by atoms with Crippen LogP contribution >= 0.6 is 11.8 Å². The van der Waals surface area contributed by atoms with Gasteiger partial charge in [0.2, 0.25) is 5.91 Å². The van der Waals surface area contributed by atoms with Crippen molar-refractivity contribution in [1.82, 2.24) is 4.90 Å². The second kappa shape index (κ2) is 7.89. The topological polar surface area (TPSA) is 55.6 Å². The fourth-order valence-electron chi connectivity index (χ4n) is 2.37. The normalized spacial score (nSPS) is 20.0.